The highest BCUT2D eigenvalue weighted by molar-refractivity contribution is 7.89. The number of nitrogens with zero attached hydrogens (tertiary/aromatic N) is 1. The molecule has 0 bridgehead atoms. The van der Waals surface area contributed by atoms with Crippen LogP contribution >= 0.6 is 0 Å². The van der Waals surface area contributed by atoms with Gasteiger partial charge in [0.05, 0.1) is 10.9 Å². The number of primary sulfonamides is 1. The van der Waals surface area contributed by atoms with Gasteiger partial charge in [0.2, 0.25) is 10.0 Å². The summed E-state index contributed by atoms with van der Waals surface area (Å²) in [5.41, 5.74) is 0.874. The van der Waals surface area contributed by atoms with Gasteiger partial charge in [0.1, 0.15) is 11.9 Å². The van der Waals surface area contributed by atoms with Gasteiger partial charge in [0, 0.05) is 18.5 Å². The zero-order valence-corrected chi connectivity index (χ0v) is 9.35. The van der Waals surface area contributed by atoms with Gasteiger partial charge in [-0.05, 0) is 18.6 Å². The number of rotatable bonds is 1. The largest absolute Gasteiger partial charge is 0.488 e. The highest BCUT2D eigenvalue weighted by Gasteiger charge is 2.47. The number of nitrogens with two attached hydrogens (primary N) is 1. The molecular formula is C10H12N2O3S. The van der Waals surface area contributed by atoms with Crippen LogP contribution in [0.3, 0.4) is 0 Å². The van der Waals surface area contributed by atoms with Crippen molar-refractivity contribution < 1.29 is 13.2 Å². The van der Waals surface area contributed by atoms with Crippen LogP contribution in [0.1, 0.15) is 24.5 Å². The molecule has 2 heterocycles. The SMILES string of the molecule is NS(=O)(=O)C1CC2Oc3cccnc3C2C1. The summed E-state index contributed by atoms with van der Waals surface area (Å²) in [6, 6.07) is 3.68. The fourth-order valence-corrected chi connectivity index (χ4v) is 3.52. The van der Waals surface area contributed by atoms with Crippen LogP contribution in [0.15, 0.2) is 18.3 Å². The summed E-state index contributed by atoms with van der Waals surface area (Å²) in [6.07, 6.45) is 2.62. The van der Waals surface area contributed by atoms with Gasteiger partial charge in [0.25, 0.3) is 0 Å². The van der Waals surface area contributed by atoms with Crippen molar-refractivity contribution in [3.63, 3.8) is 0 Å². The number of fused-ring (bicyclic) bond motifs is 3. The van der Waals surface area contributed by atoms with Crippen molar-refractivity contribution in [3.05, 3.63) is 24.0 Å². The highest BCUT2D eigenvalue weighted by atomic mass is 32.2. The maximum absolute atomic E-state index is 11.3. The smallest absolute Gasteiger partial charge is 0.212 e. The van der Waals surface area contributed by atoms with Gasteiger partial charge in [-0.3, -0.25) is 4.98 Å². The Kier molecular flexibility index (Phi) is 1.99. The van der Waals surface area contributed by atoms with Crippen molar-refractivity contribution in [1.29, 1.82) is 0 Å². The van der Waals surface area contributed by atoms with Crippen molar-refractivity contribution in [2.45, 2.75) is 30.1 Å². The summed E-state index contributed by atoms with van der Waals surface area (Å²) in [4.78, 5) is 4.26. The number of aromatic nitrogens is 1. The maximum Gasteiger partial charge on any atom is 0.212 e. The summed E-state index contributed by atoms with van der Waals surface area (Å²) in [5.74, 6) is 0.866. The van der Waals surface area contributed by atoms with Crippen LogP contribution in [0.5, 0.6) is 5.75 Å². The van der Waals surface area contributed by atoms with E-state index in [1.165, 1.54) is 0 Å². The van der Waals surface area contributed by atoms with E-state index < -0.39 is 15.3 Å². The van der Waals surface area contributed by atoms with Crippen LogP contribution in [0.2, 0.25) is 0 Å². The molecule has 2 aliphatic rings. The van der Waals surface area contributed by atoms with Crippen LogP contribution in [-0.4, -0.2) is 24.8 Å². The normalized spacial score (nSPS) is 31.9. The quantitative estimate of drug-likeness (QED) is 0.769. The molecule has 3 unspecified atom stereocenters. The number of pyridine rings is 1. The molecule has 3 atom stereocenters. The molecule has 0 spiro atoms. The van der Waals surface area contributed by atoms with Crippen molar-refractivity contribution in [3.8, 4) is 5.75 Å². The van der Waals surface area contributed by atoms with Gasteiger partial charge in [-0.25, -0.2) is 13.6 Å². The van der Waals surface area contributed by atoms with Gasteiger partial charge < -0.3 is 4.74 Å². The van der Waals surface area contributed by atoms with E-state index in [1.807, 2.05) is 12.1 Å². The lowest BCUT2D eigenvalue weighted by Crippen LogP contribution is -2.27. The minimum absolute atomic E-state index is 0.0757. The molecule has 0 aromatic carbocycles. The van der Waals surface area contributed by atoms with E-state index in [1.54, 1.807) is 6.20 Å². The molecule has 1 aromatic rings. The summed E-state index contributed by atoms with van der Waals surface area (Å²) < 4.78 is 28.2. The topological polar surface area (TPSA) is 82.3 Å². The molecule has 86 valence electrons. The van der Waals surface area contributed by atoms with Crippen molar-refractivity contribution in [2.24, 2.45) is 5.14 Å². The highest BCUT2D eigenvalue weighted by Crippen LogP contribution is 2.46. The Labute approximate surface area is 93.7 Å². The Morgan fingerprint density at radius 3 is 3.00 bits per heavy atom. The van der Waals surface area contributed by atoms with Crippen LogP contribution in [0, 0.1) is 0 Å². The van der Waals surface area contributed by atoms with Gasteiger partial charge >= 0.3 is 0 Å². The number of hydrogen-bond donors (Lipinski definition) is 1. The molecule has 1 aliphatic carbocycles. The molecule has 0 saturated heterocycles. The predicted octanol–water partition coefficient (Wildman–Crippen LogP) is 0.377. The minimum Gasteiger partial charge on any atom is -0.488 e. The third-order valence-electron chi connectivity index (χ3n) is 3.35. The van der Waals surface area contributed by atoms with E-state index in [-0.39, 0.29) is 12.0 Å². The van der Waals surface area contributed by atoms with Gasteiger partial charge in [0.15, 0.2) is 0 Å². The van der Waals surface area contributed by atoms with Crippen LogP contribution in [0.4, 0.5) is 0 Å². The first-order valence-electron chi connectivity index (χ1n) is 5.19. The predicted molar refractivity (Wildman–Crippen MR) is 57.5 cm³/mol. The molecule has 3 rings (SSSR count). The number of sulfonamides is 1. The molecule has 1 saturated carbocycles. The molecule has 16 heavy (non-hydrogen) atoms. The van der Waals surface area contributed by atoms with E-state index >= 15 is 0 Å². The van der Waals surface area contributed by atoms with Crippen molar-refractivity contribution in [1.82, 2.24) is 4.98 Å². The van der Waals surface area contributed by atoms with Crippen molar-refractivity contribution in [2.75, 3.05) is 0 Å². The summed E-state index contributed by atoms with van der Waals surface area (Å²) in [7, 11) is -3.45. The Morgan fingerprint density at radius 2 is 2.25 bits per heavy atom. The standard InChI is InChI=1S/C10H12N2O3S/c11-16(13,14)6-4-7-9(5-6)15-8-2-1-3-12-10(7)8/h1-3,6-7,9H,4-5H2,(H2,11,13,14). The van der Waals surface area contributed by atoms with Crippen LogP contribution in [-0.2, 0) is 10.0 Å². The summed E-state index contributed by atoms with van der Waals surface area (Å²) >= 11 is 0. The fraction of sp³-hybridized carbons (Fsp3) is 0.500. The monoisotopic (exact) mass is 240 g/mol. The third kappa shape index (κ3) is 1.41. The zero-order chi connectivity index (χ0) is 11.3. The average molecular weight is 240 g/mol. The molecule has 1 aliphatic heterocycles. The van der Waals surface area contributed by atoms with Crippen LogP contribution < -0.4 is 9.88 Å². The second-order valence-electron chi connectivity index (χ2n) is 4.33. The van der Waals surface area contributed by atoms with Crippen LogP contribution in [0.25, 0.3) is 0 Å². The third-order valence-corrected chi connectivity index (χ3v) is 4.67. The summed E-state index contributed by atoms with van der Waals surface area (Å²) in [6.45, 7) is 0. The maximum atomic E-state index is 11.3. The van der Waals surface area contributed by atoms with E-state index in [2.05, 4.69) is 4.98 Å². The number of ether oxygens (including phenoxy) is 1. The molecule has 6 heteroatoms. The summed E-state index contributed by atoms with van der Waals surface area (Å²) in [5, 5.41) is 4.67. The van der Waals surface area contributed by atoms with E-state index in [0.29, 0.717) is 12.8 Å². The first kappa shape index (κ1) is 10.0. The van der Waals surface area contributed by atoms with E-state index in [4.69, 9.17) is 9.88 Å². The lowest BCUT2D eigenvalue weighted by molar-refractivity contribution is 0.225. The fourth-order valence-electron chi connectivity index (χ4n) is 2.58. The Bertz CT molecular complexity index is 529. The number of hydrogen-bond acceptors (Lipinski definition) is 4. The minimum atomic E-state index is -3.45. The first-order chi connectivity index (χ1) is 7.55. The van der Waals surface area contributed by atoms with Gasteiger partial charge in [-0.1, -0.05) is 0 Å². The van der Waals surface area contributed by atoms with E-state index in [0.717, 1.165) is 11.4 Å². The lowest BCUT2D eigenvalue weighted by Gasteiger charge is -2.09. The lowest BCUT2D eigenvalue weighted by atomic mass is 10.0. The Hall–Kier alpha value is -1.14. The molecule has 2 N–H and O–H groups in total. The molecule has 1 fully saturated rings. The second kappa shape index (κ2) is 3.18. The van der Waals surface area contributed by atoms with Gasteiger partial charge in [-0.2, -0.15) is 0 Å². The molecule has 0 amide bonds. The molecule has 0 radical (unpaired) electrons. The Morgan fingerprint density at radius 1 is 1.44 bits per heavy atom. The molecular weight excluding hydrogens is 228 g/mol. The average Bonchev–Trinajstić information content (AvgIpc) is 2.72. The second-order valence-corrected chi connectivity index (χ2v) is 6.18. The molecule has 1 aromatic heterocycles. The van der Waals surface area contributed by atoms with Gasteiger partial charge in [-0.15, -0.1) is 0 Å². The van der Waals surface area contributed by atoms with Crippen molar-refractivity contribution >= 4 is 10.0 Å². The van der Waals surface area contributed by atoms with E-state index in [9.17, 15) is 8.42 Å². The Balaban J connectivity index is 1.93. The first-order valence-corrected chi connectivity index (χ1v) is 6.80. The molecule has 5 nitrogen and oxygen atoms in total. The zero-order valence-electron chi connectivity index (χ0n) is 8.54.